The summed E-state index contributed by atoms with van der Waals surface area (Å²) in [6, 6.07) is 22.7. The Morgan fingerprint density at radius 2 is 0.697 bits per heavy atom. The molecule has 0 aliphatic carbocycles. The molecule has 0 radical (unpaired) electrons. The predicted octanol–water partition coefficient (Wildman–Crippen LogP) is 2.07. The van der Waals surface area contributed by atoms with E-state index < -0.39 is 0 Å². The summed E-state index contributed by atoms with van der Waals surface area (Å²) in [5.74, 6) is 0.800. The van der Waals surface area contributed by atoms with Crippen molar-refractivity contribution in [3.05, 3.63) is 72.8 Å². The second-order valence-corrected chi connectivity index (χ2v) is 7.21. The van der Waals surface area contributed by atoms with Gasteiger partial charge in [0.05, 0.1) is 16.6 Å². The number of nitrogens with zero attached hydrogens (tertiary/aromatic N) is 12. The van der Waals surface area contributed by atoms with Crippen LogP contribution in [0.4, 0.5) is 0 Å². The molecule has 0 saturated carbocycles. The van der Waals surface area contributed by atoms with Crippen LogP contribution >= 0.6 is 0 Å². The SMILES string of the molecule is c1ccc2c(c1)nnn2-c1nc(-n2nnc3ccccc32)nc(-n2nnc3ccccc32)n1. The van der Waals surface area contributed by atoms with Crippen LogP contribution < -0.4 is 0 Å². The zero-order chi connectivity index (χ0) is 21.8. The summed E-state index contributed by atoms with van der Waals surface area (Å²) in [5, 5.41) is 25.4. The van der Waals surface area contributed by atoms with Gasteiger partial charge in [-0.3, -0.25) is 0 Å². The van der Waals surface area contributed by atoms with Crippen LogP contribution in [0.3, 0.4) is 0 Å². The van der Waals surface area contributed by atoms with E-state index in [2.05, 4.69) is 45.9 Å². The van der Waals surface area contributed by atoms with E-state index in [9.17, 15) is 0 Å². The Morgan fingerprint density at radius 1 is 0.394 bits per heavy atom. The molecular weight excluding hydrogens is 420 g/mol. The molecule has 0 aliphatic rings. The fourth-order valence-corrected chi connectivity index (χ4v) is 3.68. The molecular formula is C21H12N12. The topological polar surface area (TPSA) is 131 Å². The van der Waals surface area contributed by atoms with Gasteiger partial charge >= 0.3 is 0 Å². The minimum absolute atomic E-state index is 0.267. The van der Waals surface area contributed by atoms with Gasteiger partial charge in [0.2, 0.25) is 0 Å². The van der Waals surface area contributed by atoms with Gasteiger partial charge in [0.1, 0.15) is 16.6 Å². The van der Waals surface area contributed by atoms with Crippen molar-refractivity contribution < 1.29 is 0 Å². The number of aromatic nitrogens is 12. The van der Waals surface area contributed by atoms with Gasteiger partial charge in [-0.25, -0.2) is 0 Å². The van der Waals surface area contributed by atoms with Gasteiger partial charge in [-0.2, -0.15) is 29.0 Å². The third kappa shape index (κ3) is 2.67. The lowest BCUT2D eigenvalue weighted by Crippen LogP contribution is -2.15. The highest BCUT2D eigenvalue weighted by molar-refractivity contribution is 5.77. The van der Waals surface area contributed by atoms with Gasteiger partial charge in [-0.15, -0.1) is 15.3 Å². The van der Waals surface area contributed by atoms with Crippen molar-refractivity contribution in [3.8, 4) is 17.8 Å². The van der Waals surface area contributed by atoms with Crippen molar-refractivity contribution in [2.75, 3.05) is 0 Å². The largest absolute Gasteiger partial charge is 0.259 e. The molecule has 0 atom stereocenters. The van der Waals surface area contributed by atoms with E-state index in [0.717, 1.165) is 33.1 Å². The van der Waals surface area contributed by atoms with Crippen molar-refractivity contribution in [3.63, 3.8) is 0 Å². The molecule has 0 fully saturated rings. The lowest BCUT2D eigenvalue weighted by molar-refractivity contribution is 0.690. The van der Waals surface area contributed by atoms with Crippen molar-refractivity contribution >= 4 is 33.1 Å². The van der Waals surface area contributed by atoms with E-state index in [0.29, 0.717) is 0 Å². The summed E-state index contributed by atoms with van der Waals surface area (Å²) >= 11 is 0. The van der Waals surface area contributed by atoms with Crippen LogP contribution in [0, 0.1) is 0 Å². The Hall–Kier alpha value is -5.13. The number of para-hydroxylation sites is 3. The average Bonchev–Trinajstić information content (AvgIpc) is 3.60. The molecule has 4 aromatic heterocycles. The number of fused-ring (bicyclic) bond motifs is 3. The first-order valence-electron chi connectivity index (χ1n) is 10.0. The van der Waals surface area contributed by atoms with Crippen LogP contribution in [0.25, 0.3) is 50.9 Å². The molecule has 0 N–H and O–H groups in total. The van der Waals surface area contributed by atoms with Crippen LogP contribution in [-0.4, -0.2) is 59.9 Å². The fourth-order valence-electron chi connectivity index (χ4n) is 3.68. The fraction of sp³-hybridized carbons (Fsp3) is 0. The standard InChI is InChI=1S/C21H12N12/c1-4-10-16-13(7-1)25-28-31(16)19-22-20(32-17-11-5-2-8-14(17)26-29-32)24-21(23-19)33-18-12-6-3-9-15(18)27-30-33/h1-12H. The molecule has 0 aliphatic heterocycles. The smallest absolute Gasteiger partial charge is 0.177 e. The second kappa shape index (κ2) is 6.68. The lowest BCUT2D eigenvalue weighted by Gasteiger charge is -2.08. The zero-order valence-electron chi connectivity index (χ0n) is 16.8. The van der Waals surface area contributed by atoms with E-state index in [1.165, 1.54) is 0 Å². The van der Waals surface area contributed by atoms with Gasteiger partial charge in [-0.1, -0.05) is 52.0 Å². The summed E-state index contributed by atoms with van der Waals surface area (Å²) in [6.45, 7) is 0. The van der Waals surface area contributed by atoms with Crippen molar-refractivity contribution in [1.29, 1.82) is 0 Å². The summed E-state index contributed by atoms with van der Waals surface area (Å²) in [6.07, 6.45) is 0. The van der Waals surface area contributed by atoms with Crippen LogP contribution in [0.15, 0.2) is 72.8 Å². The Balaban J connectivity index is 1.52. The number of rotatable bonds is 3. The molecule has 0 bridgehead atoms. The maximum atomic E-state index is 4.65. The monoisotopic (exact) mass is 432 g/mol. The molecule has 0 amide bonds. The molecule has 33 heavy (non-hydrogen) atoms. The van der Waals surface area contributed by atoms with E-state index >= 15 is 0 Å². The molecule has 12 nitrogen and oxygen atoms in total. The number of hydrogen-bond acceptors (Lipinski definition) is 9. The molecule has 3 aromatic carbocycles. The quantitative estimate of drug-likeness (QED) is 0.412. The summed E-state index contributed by atoms with van der Waals surface area (Å²) < 4.78 is 4.67. The van der Waals surface area contributed by atoms with Crippen LogP contribution in [0.5, 0.6) is 0 Å². The normalized spacial score (nSPS) is 11.6. The molecule has 156 valence electrons. The first-order chi connectivity index (χ1) is 16.3. The highest BCUT2D eigenvalue weighted by Gasteiger charge is 2.18. The number of hydrogen-bond donors (Lipinski definition) is 0. The van der Waals surface area contributed by atoms with Gasteiger partial charge in [0.15, 0.2) is 0 Å². The molecule has 7 rings (SSSR count). The average molecular weight is 432 g/mol. The molecule has 0 unspecified atom stereocenters. The Bertz CT molecular complexity index is 1570. The maximum absolute atomic E-state index is 4.65. The van der Waals surface area contributed by atoms with Crippen LogP contribution in [-0.2, 0) is 0 Å². The number of benzene rings is 3. The minimum Gasteiger partial charge on any atom is -0.177 e. The van der Waals surface area contributed by atoms with E-state index in [4.69, 9.17) is 0 Å². The summed E-state index contributed by atoms with van der Waals surface area (Å²) in [7, 11) is 0. The third-order valence-electron chi connectivity index (χ3n) is 5.22. The van der Waals surface area contributed by atoms with Gasteiger partial charge in [0, 0.05) is 0 Å². The van der Waals surface area contributed by atoms with Gasteiger partial charge in [-0.05, 0) is 36.4 Å². The van der Waals surface area contributed by atoms with Gasteiger partial charge < -0.3 is 0 Å². The van der Waals surface area contributed by atoms with Gasteiger partial charge in [0.25, 0.3) is 17.8 Å². The zero-order valence-corrected chi connectivity index (χ0v) is 16.8. The highest BCUT2D eigenvalue weighted by atomic mass is 15.5. The van der Waals surface area contributed by atoms with E-state index in [1.54, 1.807) is 14.0 Å². The first-order valence-corrected chi connectivity index (χ1v) is 10.0. The third-order valence-corrected chi connectivity index (χ3v) is 5.22. The molecule has 7 aromatic rings. The summed E-state index contributed by atoms with van der Waals surface area (Å²) in [4.78, 5) is 13.9. The van der Waals surface area contributed by atoms with E-state index in [1.807, 2.05) is 72.8 Å². The lowest BCUT2D eigenvalue weighted by atomic mass is 10.3. The predicted molar refractivity (Wildman–Crippen MR) is 117 cm³/mol. The maximum Gasteiger partial charge on any atom is 0.259 e. The second-order valence-electron chi connectivity index (χ2n) is 7.21. The molecule has 0 saturated heterocycles. The summed E-state index contributed by atoms with van der Waals surface area (Å²) in [5.41, 5.74) is 4.43. The Kier molecular flexibility index (Phi) is 3.55. The highest BCUT2D eigenvalue weighted by Crippen LogP contribution is 2.19. The Morgan fingerprint density at radius 3 is 1.03 bits per heavy atom. The van der Waals surface area contributed by atoms with Crippen molar-refractivity contribution in [2.45, 2.75) is 0 Å². The van der Waals surface area contributed by atoms with Crippen molar-refractivity contribution in [1.82, 2.24) is 59.9 Å². The minimum atomic E-state index is 0.267. The first kappa shape index (κ1) is 17.5. The van der Waals surface area contributed by atoms with Crippen LogP contribution in [0.1, 0.15) is 0 Å². The van der Waals surface area contributed by atoms with E-state index in [-0.39, 0.29) is 17.8 Å². The van der Waals surface area contributed by atoms with Crippen molar-refractivity contribution in [2.24, 2.45) is 0 Å². The molecule has 4 heterocycles. The van der Waals surface area contributed by atoms with Crippen LogP contribution in [0.2, 0.25) is 0 Å². The molecule has 12 heteroatoms. The Labute approximate surface area is 184 Å². The molecule has 0 spiro atoms.